The van der Waals surface area contributed by atoms with Gasteiger partial charge in [0.15, 0.2) is 0 Å². The largest absolute Gasteiger partial charge is 0.467 e. The van der Waals surface area contributed by atoms with Gasteiger partial charge in [-0.1, -0.05) is 60.7 Å². The van der Waals surface area contributed by atoms with Crippen molar-refractivity contribution in [2.75, 3.05) is 7.11 Å². The molecule has 1 aromatic heterocycles. The van der Waals surface area contributed by atoms with Gasteiger partial charge in [0.25, 0.3) is 5.69 Å². The maximum Gasteiger partial charge on any atom is 0.408 e. The van der Waals surface area contributed by atoms with Crippen molar-refractivity contribution in [3.8, 4) is 0 Å². The van der Waals surface area contributed by atoms with E-state index >= 15 is 0 Å². The summed E-state index contributed by atoms with van der Waals surface area (Å²) < 4.78 is 21.4. The molecular weight excluding hydrogens is 586 g/mol. The van der Waals surface area contributed by atoms with Gasteiger partial charge in [0.1, 0.15) is 31.1 Å². The molecule has 0 saturated heterocycles. The van der Waals surface area contributed by atoms with Crippen molar-refractivity contribution in [3.05, 3.63) is 106 Å². The summed E-state index contributed by atoms with van der Waals surface area (Å²) in [6, 6.07) is 18.2. The van der Waals surface area contributed by atoms with Crippen molar-refractivity contribution in [1.82, 2.24) is 10.3 Å². The highest BCUT2D eigenvalue weighted by Crippen LogP contribution is 2.34. The zero-order chi connectivity index (χ0) is 33.0. The zero-order valence-corrected chi connectivity index (χ0v) is 25.4. The minimum absolute atomic E-state index is 0.217. The predicted octanol–water partition coefficient (Wildman–Crippen LogP) is 4.56. The lowest BCUT2D eigenvalue weighted by Crippen LogP contribution is -2.50. The fraction of sp³-hybridized carbons (Fsp3) is 0.344. The second-order valence-corrected chi connectivity index (χ2v) is 10.9. The van der Waals surface area contributed by atoms with Gasteiger partial charge < -0.3 is 24.3 Å². The van der Waals surface area contributed by atoms with Crippen LogP contribution in [0.4, 0.5) is 10.5 Å². The summed E-state index contributed by atoms with van der Waals surface area (Å²) in [5.41, 5.74) is -2.58. The number of hydrogen-bond donors (Lipinski definition) is 1. The topological polar surface area (TPSA) is 173 Å². The van der Waals surface area contributed by atoms with E-state index in [-0.39, 0.29) is 31.0 Å². The SMILES string of the molecule is COC(=O)[C@H](CCC(C(=O)OCc1ccccc1)(C(=O)OCc1ccccc1)c1ccc([N+](=O)[O-])cn1)NC(=O)OC(C)(C)C. The van der Waals surface area contributed by atoms with E-state index in [9.17, 15) is 29.3 Å². The molecule has 0 aliphatic rings. The molecule has 3 aromatic rings. The lowest BCUT2D eigenvalue weighted by Gasteiger charge is -2.30. The van der Waals surface area contributed by atoms with Crippen LogP contribution in [0.5, 0.6) is 0 Å². The number of methoxy groups -OCH3 is 1. The van der Waals surface area contributed by atoms with E-state index in [1.807, 2.05) is 0 Å². The third-order valence-electron chi connectivity index (χ3n) is 6.50. The Kier molecular flexibility index (Phi) is 11.7. The molecule has 13 heteroatoms. The van der Waals surface area contributed by atoms with Crippen molar-refractivity contribution >= 4 is 29.7 Å². The lowest BCUT2D eigenvalue weighted by atomic mass is 9.78. The standard InChI is InChI=1S/C32H35N3O10/c1-31(2,3)45-30(39)34-25(27(36)42-4)17-18-32(26-16-15-24(19-33-26)35(40)41,28(37)43-20-22-11-7-5-8-12-22)29(38)44-21-23-13-9-6-10-14-23/h5-16,19,25H,17-18,20-21H2,1-4H3,(H,34,39)/t25-/m0/s1. The summed E-state index contributed by atoms with van der Waals surface area (Å²) in [4.78, 5) is 68.2. The number of aromatic nitrogens is 1. The number of alkyl carbamates (subject to hydrolysis) is 1. The highest BCUT2D eigenvalue weighted by atomic mass is 16.6. The first kappa shape index (κ1) is 34.2. The molecule has 0 aliphatic carbocycles. The predicted molar refractivity (Wildman–Crippen MR) is 159 cm³/mol. The number of pyridine rings is 1. The van der Waals surface area contributed by atoms with Crippen LogP contribution in [0.1, 0.15) is 50.4 Å². The molecule has 238 valence electrons. The minimum atomic E-state index is -2.32. The first-order chi connectivity index (χ1) is 21.4. The second-order valence-electron chi connectivity index (χ2n) is 10.9. The Morgan fingerprint density at radius 3 is 1.82 bits per heavy atom. The van der Waals surface area contributed by atoms with Crippen molar-refractivity contribution in [3.63, 3.8) is 0 Å². The summed E-state index contributed by atoms with van der Waals surface area (Å²) in [7, 11) is 1.11. The number of amides is 1. The Morgan fingerprint density at radius 2 is 1.40 bits per heavy atom. The fourth-order valence-electron chi connectivity index (χ4n) is 4.27. The second kappa shape index (κ2) is 15.4. The average Bonchev–Trinajstić information content (AvgIpc) is 3.02. The van der Waals surface area contributed by atoms with Crippen LogP contribution >= 0.6 is 0 Å². The molecule has 13 nitrogen and oxygen atoms in total. The molecule has 0 unspecified atom stereocenters. The van der Waals surface area contributed by atoms with E-state index in [1.54, 1.807) is 81.4 Å². The molecule has 0 fully saturated rings. The molecule has 1 N–H and O–H groups in total. The molecule has 0 saturated carbocycles. The summed E-state index contributed by atoms with van der Waals surface area (Å²) in [6.07, 6.45) is -0.856. The van der Waals surface area contributed by atoms with E-state index < -0.39 is 52.4 Å². The first-order valence-corrected chi connectivity index (χ1v) is 14.0. The molecular formula is C32H35N3O10. The zero-order valence-electron chi connectivity index (χ0n) is 25.4. The van der Waals surface area contributed by atoms with Crippen LogP contribution in [-0.2, 0) is 52.0 Å². The molecule has 3 rings (SSSR count). The monoisotopic (exact) mass is 621 g/mol. The number of esters is 3. The molecule has 0 aliphatic heterocycles. The van der Waals surface area contributed by atoms with Gasteiger partial charge in [-0.05, 0) is 50.8 Å². The van der Waals surface area contributed by atoms with E-state index in [1.165, 1.54) is 0 Å². The smallest absolute Gasteiger partial charge is 0.408 e. The van der Waals surface area contributed by atoms with Crippen LogP contribution in [0.25, 0.3) is 0 Å². The van der Waals surface area contributed by atoms with Crippen LogP contribution in [-0.4, -0.2) is 52.7 Å². The van der Waals surface area contributed by atoms with Gasteiger partial charge in [0.05, 0.1) is 17.7 Å². The van der Waals surface area contributed by atoms with E-state index in [4.69, 9.17) is 18.9 Å². The van der Waals surface area contributed by atoms with Gasteiger partial charge >= 0.3 is 24.0 Å². The Labute approximate surface area is 260 Å². The lowest BCUT2D eigenvalue weighted by molar-refractivity contribution is -0.385. The number of nitrogens with one attached hydrogen (secondary N) is 1. The van der Waals surface area contributed by atoms with Crippen LogP contribution < -0.4 is 5.32 Å². The quantitative estimate of drug-likeness (QED) is 0.0932. The maximum atomic E-state index is 14.0. The van der Waals surface area contributed by atoms with Crippen LogP contribution in [0, 0.1) is 10.1 Å². The number of benzene rings is 2. The van der Waals surface area contributed by atoms with Crippen molar-refractivity contribution in [2.45, 2.75) is 63.9 Å². The van der Waals surface area contributed by atoms with Crippen molar-refractivity contribution in [1.29, 1.82) is 0 Å². The summed E-state index contributed by atoms with van der Waals surface area (Å²) in [5.74, 6) is -3.03. The maximum absolute atomic E-state index is 14.0. The van der Waals surface area contributed by atoms with Crippen molar-refractivity contribution in [2.24, 2.45) is 0 Å². The number of carbonyl (C=O) groups excluding carboxylic acids is 4. The van der Waals surface area contributed by atoms with Crippen LogP contribution in [0.15, 0.2) is 79.0 Å². The minimum Gasteiger partial charge on any atom is -0.467 e. The Balaban J connectivity index is 2.06. The van der Waals surface area contributed by atoms with Gasteiger partial charge in [-0.3, -0.25) is 24.7 Å². The molecule has 0 spiro atoms. The van der Waals surface area contributed by atoms with Gasteiger partial charge in [-0.2, -0.15) is 0 Å². The summed E-state index contributed by atoms with van der Waals surface area (Å²) >= 11 is 0. The molecule has 2 aromatic carbocycles. The third-order valence-corrected chi connectivity index (χ3v) is 6.50. The van der Waals surface area contributed by atoms with E-state index in [0.29, 0.717) is 11.1 Å². The fourth-order valence-corrected chi connectivity index (χ4v) is 4.27. The molecule has 1 atom stereocenters. The third kappa shape index (κ3) is 9.58. The Hall–Kier alpha value is -5.33. The number of hydrogen-bond acceptors (Lipinski definition) is 11. The molecule has 1 amide bonds. The van der Waals surface area contributed by atoms with Gasteiger partial charge in [-0.25, -0.2) is 9.59 Å². The number of nitrogens with zero attached hydrogens (tertiary/aromatic N) is 2. The van der Waals surface area contributed by atoms with E-state index in [2.05, 4.69) is 10.3 Å². The summed E-state index contributed by atoms with van der Waals surface area (Å²) in [5, 5.41) is 13.8. The number of rotatable bonds is 13. The summed E-state index contributed by atoms with van der Waals surface area (Å²) in [6.45, 7) is 4.46. The highest BCUT2D eigenvalue weighted by Gasteiger charge is 2.52. The van der Waals surface area contributed by atoms with Gasteiger partial charge in [0, 0.05) is 6.07 Å². The average molecular weight is 622 g/mol. The highest BCUT2D eigenvalue weighted by molar-refractivity contribution is 6.06. The number of nitro groups is 1. The Bertz CT molecular complexity index is 1420. The molecule has 0 bridgehead atoms. The Morgan fingerprint density at radius 1 is 0.867 bits per heavy atom. The molecule has 45 heavy (non-hydrogen) atoms. The van der Waals surface area contributed by atoms with E-state index in [0.717, 1.165) is 25.4 Å². The normalized spacial score (nSPS) is 11.9. The van der Waals surface area contributed by atoms with Crippen molar-refractivity contribution < 1.29 is 43.0 Å². The first-order valence-electron chi connectivity index (χ1n) is 14.0. The molecule has 1 heterocycles. The van der Waals surface area contributed by atoms with Gasteiger partial charge in [-0.15, -0.1) is 0 Å². The van der Waals surface area contributed by atoms with Crippen LogP contribution in [0.3, 0.4) is 0 Å². The van der Waals surface area contributed by atoms with Gasteiger partial charge in [0.2, 0.25) is 5.41 Å². The number of ether oxygens (including phenoxy) is 4. The number of carbonyl (C=O) groups is 4. The molecule has 0 radical (unpaired) electrons. The van der Waals surface area contributed by atoms with Crippen LogP contribution in [0.2, 0.25) is 0 Å².